The molecule has 0 aliphatic carbocycles. The highest BCUT2D eigenvalue weighted by Crippen LogP contribution is 2.21. The second kappa shape index (κ2) is 9.18. The molecule has 7 nitrogen and oxygen atoms in total. The topological polar surface area (TPSA) is 84.3 Å². The zero-order valence-corrected chi connectivity index (χ0v) is 18.2. The molecule has 1 aromatic heterocycles. The minimum atomic E-state index is -0.667. The first-order valence-corrected chi connectivity index (χ1v) is 10.8. The summed E-state index contributed by atoms with van der Waals surface area (Å²) in [6, 6.07) is 17.2. The van der Waals surface area contributed by atoms with Crippen LogP contribution in [0.1, 0.15) is 41.0 Å². The smallest absolute Gasteiger partial charge is 0.295 e. The highest BCUT2D eigenvalue weighted by Gasteiger charge is 2.35. The molecule has 2 aromatic carbocycles. The van der Waals surface area contributed by atoms with E-state index in [-0.39, 0.29) is 5.91 Å². The zero-order valence-electron chi connectivity index (χ0n) is 18.2. The monoisotopic (exact) mass is 430 g/mol. The lowest BCUT2D eigenvalue weighted by Gasteiger charge is -2.34. The number of carbonyl (C=O) groups is 3. The van der Waals surface area contributed by atoms with Crippen LogP contribution >= 0.6 is 0 Å². The lowest BCUT2D eigenvalue weighted by atomic mass is 9.99. The Balaban J connectivity index is 1.47. The molecule has 4 rings (SSSR count). The van der Waals surface area contributed by atoms with Crippen LogP contribution < -0.4 is 5.32 Å². The highest BCUT2D eigenvalue weighted by molar-refractivity contribution is 6.43. The number of Topliss-reactive ketones (excluding diaryl/α,β-unsaturated/α-hetero) is 1. The number of piperidine rings is 1. The van der Waals surface area contributed by atoms with E-state index in [1.807, 2.05) is 48.9 Å². The van der Waals surface area contributed by atoms with Crippen LogP contribution in [-0.2, 0) is 9.59 Å². The summed E-state index contributed by atoms with van der Waals surface area (Å²) in [5, 5.41) is 7.37. The van der Waals surface area contributed by atoms with Crippen molar-refractivity contribution >= 4 is 23.3 Å². The van der Waals surface area contributed by atoms with Gasteiger partial charge in [0.2, 0.25) is 11.7 Å². The number of likely N-dealkylation sites (tertiary alicyclic amines) is 1. The van der Waals surface area contributed by atoms with Crippen LogP contribution in [0.3, 0.4) is 0 Å². The van der Waals surface area contributed by atoms with Gasteiger partial charge in [-0.3, -0.25) is 14.4 Å². The molecule has 2 heterocycles. The van der Waals surface area contributed by atoms with E-state index in [0.29, 0.717) is 24.2 Å². The number of rotatable bonds is 5. The maximum absolute atomic E-state index is 13.0. The van der Waals surface area contributed by atoms with Gasteiger partial charge in [0.1, 0.15) is 6.04 Å². The van der Waals surface area contributed by atoms with E-state index in [9.17, 15) is 14.4 Å². The van der Waals surface area contributed by atoms with Gasteiger partial charge in [-0.25, -0.2) is 4.68 Å². The minimum absolute atomic E-state index is 0.280. The molecule has 164 valence electrons. The minimum Gasteiger partial charge on any atom is -0.324 e. The van der Waals surface area contributed by atoms with E-state index in [0.717, 1.165) is 29.9 Å². The van der Waals surface area contributed by atoms with E-state index < -0.39 is 17.7 Å². The van der Waals surface area contributed by atoms with Crippen LogP contribution in [0.5, 0.6) is 0 Å². The van der Waals surface area contributed by atoms with Crippen molar-refractivity contribution in [2.24, 2.45) is 0 Å². The third-order valence-corrected chi connectivity index (χ3v) is 5.69. The van der Waals surface area contributed by atoms with Crippen LogP contribution in [-0.4, -0.2) is 44.9 Å². The number of anilines is 1. The summed E-state index contributed by atoms with van der Waals surface area (Å²) in [6.07, 6.45) is 2.14. The highest BCUT2D eigenvalue weighted by atomic mass is 16.2. The summed E-state index contributed by atoms with van der Waals surface area (Å²) >= 11 is 0. The van der Waals surface area contributed by atoms with Gasteiger partial charge in [-0.1, -0.05) is 30.3 Å². The first kappa shape index (κ1) is 21.5. The summed E-state index contributed by atoms with van der Waals surface area (Å²) < 4.78 is 1.84. The molecule has 1 atom stereocenters. The summed E-state index contributed by atoms with van der Waals surface area (Å²) in [7, 11) is 0. The second-order valence-corrected chi connectivity index (χ2v) is 8.08. The molecule has 1 fully saturated rings. The van der Waals surface area contributed by atoms with Gasteiger partial charge in [-0.15, -0.1) is 0 Å². The largest absolute Gasteiger partial charge is 0.324 e. The Hall–Kier alpha value is -3.74. The Labute approximate surface area is 187 Å². The van der Waals surface area contributed by atoms with E-state index in [2.05, 4.69) is 10.4 Å². The number of hydrogen-bond acceptors (Lipinski definition) is 4. The Bertz CT molecular complexity index is 1140. The number of ketones is 1. The van der Waals surface area contributed by atoms with Gasteiger partial charge < -0.3 is 10.2 Å². The fourth-order valence-electron chi connectivity index (χ4n) is 4.09. The maximum Gasteiger partial charge on any atom is 0.295 e. The fourth-order valence-corrected chi connectivity index (χ4v) is 4.09. The van der Waals surface area contributed by atoms with Crippen molar-refractivity contribution in [2.75, 3.05) is 11.9 Å². The van der Waals surface area contributed by atoms with E-state index >= 15 is 0 Å². The molecule has 7 heteroatoms. The fraction of sp³-hybridized carbons (Fsp3) is 0.280. The number of carbonyl (C=O) groups excluding carboxylic acids is 3. The predicted molar refractivity (Wildman–Crippen MR) is 122 cm³/mol. The first-order valence-electron chi connectivity index (χ1n) is 10.8. The van der Waals surface area contributed by atoms with Crippen molar-refractivity contribution in [3.05, 3.63) is 77.6 Å². The zero-order chi connectivity index (χ0) is 22.7. The molecule has 0 unspecified atom stereocenters. The molecular formula is C25H26N4O3. The molecule has 32 heavy (non-hydrogen) atoms. The number of amides is 2. The van der Waals surface area contributed by atoms with Crippen LogP contribution in [0.25, 0.3) is 5.69 Å². The molecule has 0 spiro atoms. The number of benzene rings is 2. The molecule has 1 saturated heterocycles. The van der Waals surface area contributed by atoms with Gasteiger partial charge in [-0.2, -0.15) is 5.10 Å². The molecule has 2 amide bonds. The average Bonchev–Trinajstić information content (AvgIpc) is 3.17. The third kappa shape index (κ3) is 4.46. The van der Waals surface area contributed by atoms with Crippen LogP contribution in [0, 0.1) is 13.8 Å². The van der Waals surface area contributed by atoms with Gasteiger partial charge in [0.05, 0.1) is 11.4 Å². The third-order valence-electron chi connectivity index (χ3n) is 5.69. The van der Waals surface area contributed by atoms with Gasteiger partial charge in [-0.05, 0) is 63.4 Å². The standard InChI is InChI=1S/C25H26N4O3/c1-17-16-18(2)29(27-17)21-13-11-20(12-14-21)26-24(31)22-10-6-7-15-28(22)25(32)23(30)19-8-4-3-5-9-19/h3-5,8-9,11-14,16,22H,6-7,10,15H2,1-2H3,(H,26,31)/t22-/m0/s1. The van der Waals surface area contributed by atoms with Crippen molar-refractivity contribution in [2.45, 2.75) is 39.2 Å². The SMILES string of the molecule is Cc1cc(C)n(-c2ccc(NC(=O)[C@@H]3CCCCN3C(=O)C(=O)c3ccccc3)cc2)n1. The summed E-state index contributed by atoms with van der Waals surface area (Å²) in [5.41, 5.74) is 3.83. The number of nitrogens with one attached hydrogen (secondary N) is 1. The van der Waals surface area contributed by atoms with Crippen molar-refractivity contribution in [1.82, 2.24) is 14.7 Å². The predicted octanol–water partition coefficient (Wildman–Crippen LogP) is 3.69. The first-order chi connectivity index (χ1) is 15.4. The molecule has 3 aromatic rings. The van der Waals surface area contributed by atoms with Crippen molar-refractivity contribution < 1.29 is 14.4 Å². The summed E-state index contributed by atoms with van der Waals surface area (Å²) in [5.74, 6) is -1.49. The van der Waals surface area contributed by atoms with Crippen LogP contribution in [0.4, 0.5) is 5.69 Å². The average molecular weight is 431 g/mol. The second-order valence-electron chi connectivity index (χ2n) is 8.08. The molecule has 1 N–H and O–H groups in total. The molecular weight excluding hydrogens is 404 g/mol. The van der Waals surface area contributed by atoms with Crippen molar-refractivity contribution in [1.29, 1.82) is 0 Å². The van der Waals surface area contributed by atoms with E-state index in [1.165, 1.54) is 4.90 Å². The van der Waals surface area contributed by atoms with Gasteiger partial charge >= 0.3 is 0 Å². The van der Waals surface area contributed by atoms with Crippen molar-refractivity contribution in [3.63, 3.8) is 0 Å². The number of aryl methyl sites for hydroxylation is 2. The van der Waals surface area contributed by atoms with Gasteiger partial charge in [0.15, 0.2) is 0 Å². The van der Waals surface area contributed by atoms with Crippen molar-refractivity contribution in [3.8, 4) is 5.69 Å². The van der Waals surface area contributed by atoms with Gasteiger partial charge in [0.25, 0.3) is 5.91 Å². The Kier molecular flexibility index (Phi) is 6.16. The number of hydrogen-bond donors (Lipinski definition) is 1. The molecule has 0 bridgehead atoms. The quantitative estimate of drug-likeness (QED) is 0.494. The maximum atomic E-state index is 13.0. The van der Waals surface area contributed by atoms with E-state index in [4.69, 9.17) is 0 Å². The van der Waals surface area contributed by atoms with E-state index in [1.54, 1.807) is 30.3 Å². The lowest BCUT2D eigenvalue weighted by molar-refractivity contribution is -0.136. The molecule has 0 saturated carbocycles. The number of nitrogens with zero attached hydrogens (tertiary/aromatic N) is 3. The van der Waals surface area contributed by atoms with Crippen LogP contribution in [0.15, 0.2) is 60.7 Å². The molecule has 1 aliphatic rings. The summed E-state index contributed by atoms with van der Waals surface area (Å²) in [6.45, 7) is 4.32. The lowest BCUT2D eigenvalue weighted by Crippen LogP contribution is -2.52. The Morgan fingerprint density at radius 3 is 2.34 bits per heavy atom. The van der Waals surface area contributed by atoms with Gasteiger partial charge in [0, 0.05) is 23.5 Å². The number of aromatic nitrogens is 2. The Morgan fingerprint density at radius 1 is 0.969 bits per heavy atom. The Morgan fingerprint density at radius 2 is 1.69 bits per heavy atom. The molecule has 0 radical (unpaired) electrons. The summed E-state index contributed by atoms with van der Waals surface area (Å²) in [4.78, 5) is 40.0. The molecule has 1 aliphatic heterocycles. The van der Waals surface area contributed by atoms with Crippen LogP contribution in [0.2, 0.25) is 0 Å². The normalized spacial score (nSPS) is 15.9.